The van der Waals surface area contributed by atoms with Gasteiger partial charge in [-0.3, -0.25) is 0 Å². The fraction of sp³-hybridized carbons (Fsp3) is 0.455. The van der Waals surface area contributed by atoms with Crippen LogP contribution >= 0.6 is 0 Å². The third kappa shape index (κ3) is 2.75. The van der Waals surface area contributed by atoms with E-state index < -0.39 is 0 Å². The molecule has 0 amide bonds. The third-order valence-electron chi connectivity index (χ3n) is 2.21. The summed E-state index contributed by atoms with van der Waals surface area (Å²) in [6, 6.07) is 0. The molecule has 0 aliphatic rings. The van der Waals surface area contributed by atoms with Crippen molar-refractivity contribution in [2.45, 2.75) is 34.6 Å². The van der Waals surface area contributed by atoms with Crippen LogP contribution in [-0.4, -0.2) is 0 Å². The van der Waals surface area contributed by atoms with Crippen LogP contribution in [0.15, 0.2) is 34.9 Å². The predicted octanol–water partition coefficient (Wildman–Crippen LogP) is 3.87. The van der Waals surface area contributed by atoms with E-state index >= 15 is 0 Å². The van der Waals surface area contributed by atoms with Crippen LogP contribution in [-0.2, 0) is 0 Å². The normalized spacial score (nSPS) is 12.1. The molecule has 0 aliphatic heterocycles. The van der Waals surface area contributed by atoms with Crippen molar-refractivity contribution in [2.24, 2.45) is 0 Å². The lowest BCUT2D eigenvalue weighted by atomic mass is 10.0. The number of allylic oxidation sites excluding steroid dienone is 5. The molecule has 0 saturated heterocycles. The minimum absolute atomic E-state index is 1.27. The molecule has 0 heteroatoms. The second-order valence-electron chi connectivity index (χ2n) is 3.14. The van der Waals surface area contributed by atoms with Gasteiger partial charge >= 0.3 is 0 Å². The van der Waals surface area contributed by atoms with Gasteiger partial charge in [-0.25, -0.2) is 0 Å². The maximum atomic E-state index is 3.74. The van der Waals surface area contributed by atoms with Gasteiger partial charge in [-0.15, -0.1) is 0 Å². The van der Waals surface area contributed by atoms with Gasteiger partial charge in [0, 0.05) is 0 Å². The first kappa shape index (κ1) is 10.2. The van der Waals surface area contributed by atoms with E-state index in [1.807, 2.05) is 6.08 Å². The SMILES string of the molecule is C=CC(C)=C(C)C(C)=C(C)C. The van der Waals surface area contributed by atoms with Crippen LogP contribution in [0.2, 0.25) is 0 Å². The van der Waals surface area contributed by atoms with Crippen molar-refractivity contribution in [3.8, 4) is 0 Å². The van der Waals surface area contributed by atoms with Crippen molar-refractivity contribution in [2.75, 3.05) is 0 Å². The summed E-state index contributed by atoms with van der Waals surface area (Å²) >= 11 is 0. The van der Waals surface area contributed by atoms with E-state index in [4.69, 9.17) is 0 Å². The largest absolute Gasteiger partial charge is 0.0988 e. The highest BCUT2D eigenvalue weighted by molar-refractivity contribution is 5.37. The average molecular weight is 150 g/mol. The smallest absolute Gasteiger partial charge is 0.0393 e. The van der Waals surface area contributed by atoms with Crippen LogP contribution in [0.4, 0.5) is 0 Å². The van der Waals surface area contributed by atoms with Crippen molar-refractivity contribution in [1.82, 2.24) is 0 Å². The van der Waals surface area contributed by atoms with E-state index in [1.54, 1.807) is 0 Å². The Hall–Kier alpha value is -0.780. The summed E-state index contributed by atoms with van der Waals surface area (Å²) in [6.07, 6.45) is 1.90. The van der Waals surface area contributed by atoms with E-state index in [-0.39, 0.29) is 0 Å². The summed E-state index contributed by atoms with van der Waals surface area (Å²) in [5.41, 5.74) is 5.37. The zero-order valence-electron chi connectivity index (χ0n) is 8.28. The molecular formula is C11H18. The molecule has 0 spiro atoms. The Morgan fingerprint density at radius 2 is 1.36 bits per heavy atom. The first-order valence-electron chi connectivity index (χ1n) is 3.95. The first-order chi connectivity index (χ1) is 5.00. The van der Waals surface area contributed by atoms with Crippen LogP contribution < -0.4 is 0 Å². The van der Waals surface area contributed by atoms with E-state index in [9.17, 15) is 0 Å². The van der Waals surface area contributed by atoms with Crippen LogP contribution in [0.3, 0.4) is 0 Å². The van der Waals surface area contributed by atoms with E-state index in [1.165, 1.54) is 22.3 Å². The summed E-state index contributed by atoms with van der Waals surface area (Å²) in [4.78, 5) is 0. The minimum atomic E-state index is 1.27. The Bertz CT molecular complexity index is 210. The molecule has 0 atom stereocenters. The molecule has 0 aromatic heterocycles. The molecule has 0 rings (SSSR count). The minimum Gasteiger partial charge on any atom is -0.0988 e. The van der Waals surface area contributed by atoms with Crippen LogP contribution in [0.25, 0.3) is 0 Å². The van der Waals surface area contributed by atoms with Crippen molar-refractivity contribution < 1.29 is 0 Å². The third-order valence-corrected chi connectivity index (χ3v) is 2.21. The maximum Gasteiger partial charge on any atom is -0.0393 e. The lowest BCUT2D eigenvalue weighted by Gasteiger charge is -2.06. The van der Waals surface area contributed by atoms with Crippen molar-refractivity contribution >= 4 is 0 Å². The van der Waals surface area contributed by atoms with E-state index in [0.717, 1.165) is 0 Å². The zero-order valence-corrected chi connectivity index (χ0v) is 8.28. The predicted molar refractivity (Wildman–Crippen MR) is 52.6 cm³/mol. The van der Waals surface area contributed by atoms with Gasteiger partial charge in [0.15, 0.2) is 0 Å². The van der Waals surface area contributed by atoms with Crippen molar-refractivity contribution in [3.63, 3.8) is 0 Å². The number of rotatable bonds is 2. The maximum absolute atomic E-state index is 3.74. The molecule has 11 heavy (non-hydrogen) atoms. The lowest BCUT2D eigenvalue weighted by molar-refractivity contribution is 1.20. The summed E-state index contributed by atoms with van der Waals surface area (Å²) in [5.74, 6) is 0. The van der Waals surface area contributed by atoms with Crippen molar-refractivity contribution in [1.29, 1.82) is 0 Å². The Kier molecular flexibility index (Phi) is 3.88. The summed E-state index contributed by atoms with van der Waals surface area (Å²) in [6.45, 7) is 14.4. The molecule has 0 aromatic carbocycles. The fourth-order valence-electron chi connectivity index (χ4n) is 0.824. The fourth-order valence-corrected chi connectivity index (χ4v) is 0.824. The molecule has 0 fully saturated rings. The van der Waals surface area contributed by atoms with Gasteiger partial charge in [0.05, 0.1) is 0 Å². The molecule has 0 heterocycles. The summed E-state index contributed by atoms with van der Waals surface area (Å²) in [5, 5.41) is 0. The quantitative estimate of drug-likeness (QED) is 0.524. The highest BCUT2D eigenvalue weighted by atomic mass is 14.0. The van der Waals surface area contributed by atoms with Crippen LogP contribution in [0.5, 0.6) is 0 Å². The highest BCUT2D eigenvalue weighted by Crippen LogP contribution is 2.17. The lowest BCUT2D eigenvalue weighted by Crippen LogP contribution is -1.86. The second kappa shape index (κ2) is 4.17. The van der Waals surface area contributed by atoms with Gasteiger partial charge in [-0.1, -0.05) is 18.2 Å². The number of hydrogen-bond donors (Lipinski definition) is 0. The van der Waals surface area contributed by atoms with Crippen LogP contribution in [0.1, 0.15) is 34.6 Å². The molecule has 0 saturated carbocycles. The monoisotopic (exact) mass is 150 g/mol. The van der Waals surface area contributed by atoms with E-state index in [0.29, 0.717) is 0 Å². The van der Waals surface area contributed by atoms with Crippen LogP contribution in [0, 0.1) is 0 Å². The molecule has 0 N–H and O–H groups in total. The van der Waals surface area contributed by atoms with Gasteiger partial charge in [-0.05, 0) is 51.3 Å². The molecule has 0 aromatic rings. The highest BCUT2D eigenvalue weighted by Gasteiger charge is 1.96. The molecule has 0 radical (unpaired) electrons. The molecule has 0 aliphatic carbocycles. The van der Waals surface area contributed by atoms with Gasteiger partial charge in [0.1, 0.15) is 0 Å². The van der Waals surface area contributed by atoms with Crippen molar-refractivity contribution in [3.05, 3.63) is 34.9 Å². The average Bonchev–Trinajstić information content (AvgIpc) is 2.00. The van der Waals surface area contributed by atoms with Gasteiger partial charge in [-0.2, -0.15) is 0 Å². The molecular weight excluding hydrogens is 132 g/mol. The van der Waals surface area contributed by atoms with Gasteiger partial charge in [0.25, 0.3) is 0 Å². The Balaban J connectivity index is 4.90. The number of hydrogen-bond acceptors (Lipinski definition) is 0. The Morgan fingerprint density at radius 1 is 0.909 bits per heavy atom. The Morgan fingerprint density at radius 3 is 1.64 bits per heavy atom. The Labute approximate surface area is 70.3 Å². The topological polar surface area (TPSA) is 0 Å². The molecule has 62 valence electrons. The molecule has 0 nitrogen and oxygen atoms in total. The standard InChI is InChI=1S/C11H18/c1-7-9(4)11(6)10(5)8(2)3/h7H,1H2,2-6H3. The molecule has 0 unspecified atom stereocenters. The van der Waals surface area contributed by atoms with E-state index in [2.05, 4.69) is 41.2 Å². The zero-order chi connectivity index (χ0) is 9.02. The molecule has 0 bridgehead atoms. The summed E-state index contributed by atoms with van der Waals surface area (Å²) in [7, 11) is 0. The first-order valence-corrected chi connectivity index (χ1v) is 3.95. The van der Waals surface area contributed by atoms with Gasteiger partial charge < -0.3 is 0 Å². The van der Waals surface area contributed by atoms with Gasteiger partial charge in [0.2, 0.25) is 0 Å². The summed E-state index contributed by atoms with van der Waals surface area (Å²) < 4.78 is 0. The second-order valence-corrected chi connectivity index (χ2v) is 3.14.